The molecule has 0 radical (unpaired) electrons. The number of nitrogens with zero attached hydrogens (tertiary/aromatic N) is 1. The molecule has 3 aromatic carbocycles. The third-order valence-electron chi connectivity index (χ3n) is 6.10. The van der Waals surface area contributed by atoms with E-state index < -0.39 is 0 Å². The second-order valence-electron chi connectivity index (χ2n) is 8.12. The molecule has 6 nitrogen and oxygen atoms in total. The van der Waals surface area contributed by atoms with Crippen molar-refractivity contribution in [2.24, 2.45) is 0 Å². The zero-order chi connectivity index (χ0) is 22.9. The van der Waals surface area contributed by atoms with Crippen LogP contribution in [0.1, 0.15) is 16.7 Å². The fourth-order valence-electron chi connectivity index (χ4n) is 4.45. The Kier molecular flexibility index (Phi) is 5.52. The molecule has 0 atom stereocenters. The van der Waals surface area contributed by atoms with Crippen LogP contribution in [0.25, 0.3) is 22.1 Å². The first-order valence-corrected chi connectivity index (χ1v) is 10.8. The maximum absolute atomic E-state index is 13.0. The first-order chi connectivity index (χ1) is 16.1. The van der Waals surface area contributed by atoms with Crippen LogP contribution in [0.4, 0.5) is 0 Å². The highest BCUT2D eigenvalue weighted by atomic mass is 16.5. The number of hydrogen-bond acceptors (Lipinski definition) is 6. The van der Waals surface area contributed by atoms with Gasteiger partial charge in [0, 0.05) is 18.5 Å². The summed E-state index contributed by atoms with van der Waals surface area (Å²) >= 11 is 0. The number of methoxy groups -OCH3 is 2. The average Bonchev–Trinajstić information content (AvgIpc) is 2.84. The highest BCUT2D eigenvalue weighted by Gasteiger charge is 2.24. The number of ether oxygens (including phenoxy) is 3. The molecule has 2 heterocycles. The van der Waals surface area contributed by atoms with Gasteiger partial charge in [0.05, 0.1) is 25.3 Å². The van der Waals surface area contributed by atoms with Gasteiger partial charge in [-0.1, -0.05) is 36.4 Å². The SMILES string of the molecule is COc1ccc(CN2COc3ccc4c(C)c(-c5ccccc5)c(=O)oc4c3C2)cc1OC. The molecule has 1 aliphatic rings. The van der Waals surface area contributed by atoms with Crippen LogP contribution in [0.3, 0.4) is 0 Å². The van der Waals surface area contributed by atoms with Crippen molar-refractivity contribution in [2.45, 2.75) is 20.0 Å². The standard InChI is InChI=1S/C27H25NO5/c1-17-20-10-12-22-21(26(20)33-27(29)25(17)19-7-5-4-6-8-19)15-28(16-32-22)14-18-9-11-23(30-2)24(13-18)31-3/h4-13H,14-16H2,1-3H3. The van der Waals surface area contributed by atoms with Crippen molar-refractivity contribution < 1.29 is 18.6 Å². The Morgan fingerprint density at radius 2 is 1.76 bits per heavy atom. The number of aryl methyl sites for hydroxylation is 1. The number of benzene rings is 3. The molecule has 168 valence electrons. The van der Waals surface area contributed by atoms with E-state index in [4.69, 9.17) is 18.6 Å². The number of fused-ring (bicyclic) bond motifs is 3. The van der Waals surface area contributed by atoms with Gasteiger partial charge in [-0.15, -0.1) is 0 Å². The summed E-state index contributed by atoms with van der Waals surface area (Å²) in [5, 5.41) is 0.920. The molecule has 5 rings (SSSR count). The lowest BCUT2D eigenvalue weighted by atomic mass is 9.97. The van der Waals surface area contributed by atoms with Gasteiger partial charge in [-0.25, -0.2) is 4.79 Å². The summed E-state index contributed by atoms with van der Waals surface area (Å²) in [5.41, 5.74) is 4.58. The summed E-state index contributed by atoms with van der Waals surface area (Å²) in [4.78, 5) is 15.2. The predicted molar refractivity (Wildman–Crippen MR) is 127 cm³/mol. The number of rotatable bonds is 5. The summed E-state index contributed by atoms with van der Waals surface area (Å²) in [6.45, 7) is 3.67. The van der Waals surface area contributed by atoms with Gasteiger partial charge >= 0.3 is 5.63 Å². The summed E-state index contributed by atoms with van der Waals surface area (Å²) in [6.07, 6.45) is 0. The average molecular weight is 443 g/mol. The van der Waals surface area contributed by atoms with E-state index in [1.54, 1.807) is 14.2 Å². The molecule has 1 aromatic heterocycles. The highest BCUT2D eigenvalue weighted by Crippen LogP contribution is 2.36. The van der Waals surface area contributed by atoms with E-state index in [0.717, 1.165) is 33.4 Å². The zero-order valence-corrected chi connectivity index (χ0v) is 18.9. The number of hydrogen-bond donors (Lipinski definition) is 0. The van der Waals surface area contributed by atoms with Crippen LogP contribution in [0.2, 0.25) is 0 Å². The van der Waals surface area contributed by atoms with E-state index in [9.17, 15) is 4.79 Å². The van der Waals surface area contributed by atoms with Gasteiger partial charge in [0.25, 0.3) is 0 Å². The Bertz CT molecular complexity index is 1380. The molecule has 0 saturated heterocycles. The van der Waals surface area contributed by atoms with Crippen molar-refractivity contribution in [3.8, 4) is 28.4 Å². The molecule has 0 aliphatic carbocycles. The first-order valence-electron chi connectivity index (χ1n) is 10.8. The topological polar surface area (TPSA) is 61.1 Å². The van der Waals surface area contributed by atoms with Crippen molar-refractivity contribution in [2.75, 3.05) is 21.0 Å². The molecule has 0 saturated carbocycles. The van der Waals surface area contributed by atoms with E-state index in [2.05, 4.69) is 4.90 Å². The monoisotopic (exact) mass is 443 g/mol. The molecule has 4 aromatic rings. The maximum Gasteiger partial charge on any atom is 0.344 e. The Balaban J connectivity index is 1.51. The lowest BCUT2D eigenvalue weighted by Gasteiger charge is -2.29. The summed E-state index contributed by atoms with van der Waals surface area (Å²) in [6, 6.07) is 19.4. The Labute approximate surface area is 191 Å². The lowest BCUT2D eigenvalue weighted by molar-refractivity contribution is 0.0889. The molecule has 0 unspecified atom stereocenters. The van der Waals surface area contributed by atoms with Crippen LogP contribution in [0.5, 0.6) is 17.2 Å². The van der Waals surface area contributed by atoms with Gasteiger partial charge in [-0.05, 0) is 47.9 Å². The minimum absolute atomic E-state index is 0.336. The van der Waals surface area contributed by atoms with Crippen LogP contribution >= 0.6 is 0 Å². The van der Waals surface area contributed by atoms with E-state index >= 15 is 0 Å². The van der Waals surface area contributed by atoms with Gasteiger partial charge < -0.3 is 18.6 Å². The van der Waals surface area contributed by atoms with E-state index in [-0.39, 0.29) is 5.63 Å². The molecule has 1 aliphatic heterocycles. The second-order valence-corrected chi connectivity index (χ2v) is 8.12. The molecule has 0 spiro atoms. The molecule has 6 heteroatoms. The molecule has 0 bridgehead atoms. The van der Waals surface area contributed by atoms with Crippen LogP contribution in [-0.4, -0.2) is 25.9 Å². The van der Waals surface area contributed by atoms with Crippen LogP contribution in [-0.2, 0) is 13.1 Å². The van der Waals surface area contributed by atoms with Crippen LogP contribution in [0.15, 0.2) is 69.9 Å². The minimum atomic E-state index is -0.336. The fourth-order valence-corrected chi connectivity index (χ4v) is 4.45. The molecule has 0 fully saturated rings. The van der Waals surface area contributed by atoms with Crippen LogP contribution < -0.4 is 19.8 Å². The lowest BCUT2D eigenvalue weighted by Crippen LogP contribution is -2.31. The fraction of sp³-hybridized carbons (Fsp3) is 0.222. The Morgan fingerprint density at radius 3 is 2.52 bits per heavy atom. The largest absolute Gasteiger partial charge is 0.493 e. The smallest absolute Gasteiger partial charge is 0.344 e. The first kappa shape index (κ1) is 21.1. The van der Waals surface area contributed by atoms with E-state index in [0.29, 0.717) is 42.5 Å². The van der Waals surface area contributed by atoms with Crippen molar-refractivity contribution in [3.05, 3.63) is 87.8 Å². The molecular weight excluding hydrogens is 418 g/mol. The van der Waals surface area contributed by atoms with E-state index in [1.165, 1.54) is 0 Å². The van der Waals surface area contributed by atoms with Gasteiger partial charge in [0.1, 0.15) is 18.1 Å². The normalized spacial score (nSPS) is 13.4. The molecule has 0 amide bonds. The summed E-state index contributed by atoms with van der Waals surface area (Å²) < 4.78 is 22.7. The Hall–Kier alpha value is -3.77. The second kappa shape index (κ2) is 8.64. The van der Waals surface area contributed by atoms with Gasteiger partial charge in [-0.3, -0.25) is 4.90 Å². The quantitative estimate of drug-likeness (QED) is 0.398. The zero-order valence-electron chi connectivity index (χ0n) is 18.9. The Morgan fingerprint density at radius 1 is 0.970 bits per heavy atom. The van der Waals surface area contributed by atoms with Crippen molar-refractivity contribution >= 4 is 11.0 Å². The van der Waals surface area contributed by atoms with Crippen molar-refractivity contribution in [1.29, 1.82) is 0 Å². The van der Waals surface area contributed by atoms with Crippen molar-refractivity contribution in [3.63, 3.8) is 0 Å². The third-order valence-corrected chi connectivity index (χ3v) is 6.10. The molecule has 33 heavy (non-hydrogen) atoms. The van der Waals surface area contributed by atoms with Gasteiger partial charge in [0.15, 0.2) is 11.5 Å². The summed E-state index contributed by atoms with van der Waals surface area (Å²) in [7, 11) is 3.25. The summed E-state index contributed by atoms with van der Waals surface area (Å²) in [5.74, 6) is 2.13. The predicted octanol–water partition coefficient (Wildman–Crippen LogP) is 5.14. The van der Waals surface area contributed by atoms with Crippen LogP contribution in [0, 0.1) is 6.92 Å². The molecule has 0 N–H and O–H groups in total. The highest BCUT2D eigenvalue weighted by molar-refractivity contribution is 5.90. The minimum Gasteiger partial charge on any atom is -0.493 e. The maximum atomic E-state index is 13.0. The van der Waals surface area contributed by atoms with E-state index in [1.807, 2.05) is 67.6 Å². The van der Waals surface area contributed by atoms with Crippen molar-refractivity contribution in [1.82, 2.24) is 4.90 Å². The third kappa shape index (κ3) is 3.83. The van der Waals surface area contributed by atoms with Gasteiger partial charge in [0.2, 0.25) is 0 Å². The molecular formula is C27H25NO5. The van der Waals surface area contributed by atoms with Gasteiger partial charge in [-0.2, -0.15) is 0 Å².